The van der Waals surface area contributed by atoms with Gasteiger partial charge in [-0.25, -0.2) is 0 Å². The van der Waals surface area contributed by atoms with Gasteiger partial charge in [0.1, 0.15) is 11.5 Å². The second-order valence-electron chi connectivity index (χ2n) is 6.03. The van der Waals surface area contributed by atoms with Crippen molar-refractivity contribution in [2.24, 2.45) is 5.10 Å². The van der Waals surface area contributed by atoms with Gasteiger partial charge in [-0.2, -0.15) is 5.10 Å². The number of rotatable bonds is 5. The van der Waals surface area contributed by atoms with Crippen LogP contribution in [0.15, 0.2) is 53.6 Å². The lowest BCUT2D eigenvalue weighted by Crippen LogP contribution is -2.44. The minimum atomic E-state index is 0.855. The highest BCUT2D eigenvalue weighted by Crippen LogP contribution is 2.28. The number of hydrogen-bond donors (Lipinski definition) is 0. The summed E-state index contributed by atoms with van der Waals surface area (Å²) >= 11 is 0. The van der Waals surface area contributed by atoms with Crippen molar-refractivity contribution >= 4 is 11.4 Å². The zero-order chi connectivity index (χ0) is 17.6. The van der Waals surface area contributed by atoms with Gasteiger partial charge in [0.2, 0.25) is 0 Å². The van der Waals surface area contributed by atoms with Crippen LogP contribution in [0.25, 0.3) is 0 Å². The Hall–Kier alpha value is -2.69. The summed E-state index contributed by atoms with van der Waals surface area (Å²) in [5.41, 5.74) is 3.24. The zero-order valence-electron chi connectivity index (χ0n) is 15.1. The number of ether oxygens (including phenoxy) is 2. The molecular weight excluding hydrogens is 314 g/mol. The van der Waals surface area contributed by atoms with E-state index in [9.17, 15) is 0 Å². The summed E-state index contributed by atoms with van der Waals surface area (Å²) in [4.78, 5) is 2.35. The minimum absolute atomic E-state index is 0.855. The Morgan fingerprint density at radius 3 is 2.40 bits per heavy atom. The first-order chi connectivity index (χ1) is 12.2. The van der Waals surface area contributed by atoms with E-state index in [1.165, 1.54) is 0 Å². The van der Waals surface area contributed by atoms with Crippen LogP contribution in [-0.4, -0.2) is 51.1 Å². The van der Waals surface area contributed by atoms with Gasteiger partial charge in [-0.1, -0.05) is 24.3 Å². The largest absolute Gasteiger partial charge is 0.497 e. The van der Waals surface area contributed by atoms with Crippen molar-refractivity contribution in [2.75, 3.05) is 45.3 Å². The topological polar surface area (TPSA) is 37.3 Å². The fraction of sp³-hybridized carbons (Fsp3) is 0.350. The standard InChI is InChI=1S/C20H25N3O2/c1-16(17-7-6-8-18(15-17)24-2)21-23-13-11-22(12-14-23)19-9-4-5-10-20(19)25-3/h4-10,15H,11-14H2,1-3H3. The molecule has 5 heteroatoms. The van der Waals surface area contributed by atoms with E-state index in [1.807, 2.05) is 37.3 Å². The molecule has 25 heavy (non-hydrogen) atoms. The molecule has 0 N–H and O–H groups in total. The molecule has 5 nitrogen and oxygen atoms in total. The Balaban J connectivity index is 1.65. The van der Waals surface area contributed by atoms with Crippen LogP contribution in [0.4, 0.5) is 5.69 Å². The maximum Gasteiger partial charge on any atom is 0.142 e. The van der Waals surface area contributed by atoms with Crippen molar-refractivity contribution in [2.45, 2.75) is 6.92 Å². The van der Waals surface area contributed by atoms with Crippen molar-refractivity contribution in [3.05, 3.63) is 54.1 Å². The first-order valence-electron chi connectivity index (χ1n) is 8.54. The molecule has 0 spiro atoms. The van der Waals surface area contributed by atoms with Gasteiger partial charge in [0.15, 0.2) is 0 Å². The Morgan fingerprint density at radius 1 is 0.920 bits per heavy atom. The number of piperazine rings is 1. The third kappa shape index (κ3) is 4.05. The predicted molar refractivity (Wildman–Crippen MR) is 102 cm³/mol. The average molecular weight is 339 g/mol. The van der Waals surface area contributed by atoms with Gasteiger partial charge in [-0.15, -0.1) is 0 Å². The van der Waals surface area contributed by atoms with Crippen LogP contribution in [0.5, 0.6) is 11.5 Å². The molecule has 1 aliphatic rings. The Kier molecular flexibility index (Phi) is 5.43. The van der Waals surface area contributed by atoms with Gasteiger partial charge < -0.3 is 14.4 Å². The van der Waals surface area contributed by atoms with E-state index in [4.69, 9.17) is 14.6 Å². The molecule has 0 aliphatic carbocycles. The molecule has 1 fully saturated rings. The monoisotopic (exact) mass is 339 g/mol. The van der Waals surface area contributed by atoms with Crippen molar-refractivity contribution in [3.8, 4) is 11.5 Å². The van der Waals surface area contributed by atoms with E-state index in [2.05, 4.69) is 28.1 Å². The summed E-state index contributed by atoms with van der Waals surface area (Å²) < 4.78 is 10.8. The third-order valence-corrected chi connectivity index (χ3v) is 4.46. The van der Waals surface area contributed by atoms with Crippen LogP contribution in [0.2, 0.25) is 0 Å². The van der Waals surface area contributed by atoms with Crippen LogP contribution in [-0.2, 0) is 0 Å². The lowest BCUT2D eigenvalue weighted by molar-refractivity contribution is 0.269. The van der Waals surface area contributed by atoms with Gasteiger partial charge in [0, 0.05) is 18.7 Å². The molecule has 0 radical (unpaired) electrons. The smallest absolute Gasteiger partial charge is 0.142 e. The number of para-hydroxylation sites is 2. The average Bonchev–Trinajstić information content (AvgIpc) is 2.68. The highest BCUT2D eigenvalue weighted by Gasteiger charge is 2.18. The van der Waals surface area contributed by atoms with E-state index < -0.39 is 0 Å². The number of methoxy groups -OCH3 is 2. The predicted octanol–water partition coefficient (Wildman–Crippen LogP) is 3.25. The van der Waals surface area contributed by atoms with E-state index in [-0.39, 0.29) is 0 Å². The van der Waals surface area contributed by atoms with Crippen molar-refractivity contribution in [3.63, 3.8) is 0 Å². The zero-order valence-corrected chi connectivity index (χ0v) is 15.1. The van der Waals surface area contributed by atoms with Crippen LogP contribution in [0.3, 0.4) is 0 Å². The second-order valence-corrected chi connectivity index (χ2v) is 6.03. The summed E-state index contributed by atoms with van der Waals surface area (Å²) in [5.74, 6) is 1.78. The molecule has 0 aromatic heterocycles. The summed E-state index contributed by atoms with van der Waals surface area (Å²) in [6.07, 6.45) is 0. The molecule has 0 amide bonds. The molecule has 0 bridgehead atoms. The van der Waals surface area contributed by atoms with Gasteiger partial charge in [-0.05, 0) is 31.2 Å². The highest BCUT2D eigenvalue weighted by atomic mass is 16.5. The highest BCUT2D eigenvalue weighted by molar-refractivity contribution is 5.98. The molecule has 0 saturated carbocycles. The van der Waals surface area contributed by atoms with E-state index >= 15 is 0 Å². The molecule has 1 heterocycles. The lowest BCUT2D eigenvalue weighted by Gasteiger charge is -2.35. The summed E-state index contributed by atoms with van der Waals surface area (Å²) in [6, 6.07) is 16.2. The maximum atomic E-state index is 5.47. The molecule has 3 rings (SSSR count). The van der Waals surface area contributed by atoms with Crippen LogP contribution in [0, 0.1) is 0 Å². The number of benzene rings is 2. The molecule has 1 saturated heterocycles. The SMILES string of the molecule is COc1cccc(C(C)=NN2CCN(c3ccccc3OC)CC2)c1. The fourth-order valence-corrected chi connectivity index (χ4v) is 3.05. The Morgan fingerprint density at radius 2 is 1.68 bits per heavy atom. The quantitative estimate of drug-likeness (QED) is 0.784. The maximum absolute atomic E-state index is 5.47. The number of hydrogen-bond acceptors (Lipinski definition) is 5. The molecule has 0 atom stereocenters. The van der Waals surface area contributed by atoms with Gasteiger partial charge in [-0.3, -0.25) is 5.01 Å². The number of hydrazone groups is 1. The van der Waals surface area contributed by atoms with Gasteiger partial charge in [0.25, 0.3) is 0 Å². The Labute approximate surface area is 149 Å². The van der Waals surface area contributed by atoms with Crippen molar-refractivity contribution in [1.29, 1.82) is 0 Å². The third-order valence-electron chi connectivity index (χ3n) is 4.46. The summed E-state index contributed by atoms with van der Waals surface area (Å²) in [6.45, 7) is 5.67. The van der Waals surface area contributed by atoms with E-state index in [1.54, 1.807) is 14.2 Å². The van der Waals surface area contributed by atoms with Crippen molar-refractivity contribution < 1.29 is 9.47 Å². The minimum Gasteiger partial charge on any atom is -0.497 e. The first kappa shape index (κ1) is 17.1. The normalized spacial score (nSPS) is 15.2. The number of anilines is 1. The summed E-state index contributed by atoms with van der Waals surface area (Å²) in [7, 11) is 3.40. The number of nitrogens with zero attached hydrogens (tertiary/aromatic N) is 3. The van der Waals surface area contributed by atoms with Crippen LogP contribution in [0.1, 0.15) is 12.5 Å². The fourth-order valence-electron chi connectivity index (χ4n) is 3.05. The molecule has 132 valence electrons. The molecular formula is C20H25N3O2. The molecule has 0 unspecified atom stereocenters. The van der Waals surface area contributed by atoms with Gasteiger partial charge in [0.05, 0.1) is 38.7 Å². The molecule has 1 aliphatic heterocycles. The van der Waals surface area contributed by atoms with Crippen LogP contribution < -0.4 is 14.4 Å². The molecule has 2 aromatic carbocycles. The van der Waals surface area contributed by atoms with E-state index in [0.717, 1.165) is 54.6 Å². The van der Waals surface area contributed by atoms with Gasteiger partial charge >= 0.3 is 0 Å². The first-order valence-corrected chi connectivity index (χ1v) is 8.54. The summed E-state index contributed by atoms with van der Waals surface area (Å²) in [5, 5.41) is 6.93. The lowest BCUT2D eigenvalue weighted by atomic mass is 10.1. The van der Waals surface area contributed by atoms with Crippen molar-refractivity contribution in [1.82, 2.24) is 5.01 Å². The van der Waals surface area contributed by atoms with E-state index in [0.29, 0.717) is 0 Å². The van der Waals surface area contributed by atoms with Crippen LogP contribution >= 0.6 is 0 Å². The Bertz CT molecular complexity index is 737. The molecule has 2 aromatic rings. The second kappa shape index (κ2) is 7.92.